The van der Waals surface area contributed by atoms with E-state index in [1.54, 1.807) is 37.5 Å². The van der Waals surface area contributed by atoms with E-state index in [1.165, 1.54) is 18.2 Å². The van der Waals surface area contributed by atoms with Crippen LogP contribution in [0, 0.1) is 0 Å². The Hall–Kier alpha value is -3.53. The molecule has 0 unspecified atom stereocenters. The highest BCUT2D eigenvalue weighted by Gasteiger charge is 2.32. The number of piperidine rings is 1. The van der Waals surface area contributed by atoms with Crippen molar-refractivity contribution in [3.05, 3.63) is 60.6 Å². The number of hydrogen-bond acceptors (Lipinski definition) is 6. The molecule has 0 aliphatic carbocycles. The molecule has 0 saturated carbocycles. The van der Waals surface area contributed by atoms with Crippen LogP contribution in [0.15, 0.2) is 59.3 Å². The number of ether oxygens (including phenoxy) is 1. The number of aliphatic hydroxyl groups is 1. The maximum Gasteiger partial charge on any atom is 0.573 e. The molecule has 174 valence electrons. The van der Waals surface area contributed by atoms with Gasteiger partial charge in [-0.2, -0.15) is 0 Å². The third-order valence-electron chi connectivity index (χ3n) is 5.43. The summed E-state index contributed by atoms with van der Waals surface area (Å²) in [5, 5.41) is 12.9. The van der Waals surface area contributed by atoms with E-state index in [-0.39, 0.29) is 11.4 Å². The summed E-state index contributed by atoms with van der Waals surface area (Å²) in [6.07, 6.45) is -0.728. The topological polar surface area (TPSA) is 87.8 Å². The molecule has 1 saturated heterocycles. The fourth-order valence-corrected chi connectivity index (χ4v) is 3.63. The van der Waals surface area contributed by atoms with E-state index in [9.17, 15) is 23.1 Å². The van der Waals surface area contributed by atoms with Crippen molar-refractivity contribution in [1.29, 1.82) is 0 Å². The maximum atomic E-state index is 12.9. The Balaban J connectivity index is 1.59. The molecule has 1 aliphatic heterocycles. The molecule has 1 fully saturated rings. The van der Waals surface area contributed by atoms with Gasteiger partial charge in [0.05, 0.1) is 17.0 Å². The molecule has 2 N–H and O–H groups in total. The number of hydrogen-bond donors (Lipinski definition) is 2. The lowest BCUT2D eigenvalue weighted by molar-refractivity contribution is -0.274. The summed E-state index contributed by atoms with van der Waals surface area (Å²) in [7, 11) is 0. The van der Waals surface area contributed by atoms with Crippen molar-refractivity contribution < 1.29 is 32.2 Å². The first-order valence-corrected chi connectivity index (χ1v) is 10.3. The lowest BCUT2D eigenvalue weighted by atomic mass is 9.93. The number of furan rings is 1. The standard InChI is InChI=1S/C23H22F3N3O4/c1-22(31)8-12-29(13-9-22)18-3-2-16(33-23(24,25)26)14-17(18)28-21(30)20-5-4-19(32-20)15-6-10-27-11-7-15/h2-7,10-11,14,31H,8-9,12-13H2,1H3,(H,28,30). The van der Waals surface area contributed by atoms with Crippen LogP contribution in [0.3, 0.4) is 0 Å². The summed E-state index contributed by atoms with van der Waals surface area (Å²) < 4.78 is 47.9. The number of benzene rings is 1. The summed E-state index contributed by atoms with van der Waals surface area (Å²) >= 11 is 0. The molecule has 2 aromatic heterocycles. The molecule has 3 aromatic rings. The second-order valence-corrected chi connectivity index (χ2v) is 8.06. The molecule has 1 aromatic carbocycles. The minimum atomic E-state index is -4.87. The zero-order valence-corrected chi connectivity index (χ0v) is 17.7. The molecule has 1 amide bonds. The number of nitrogens with one attached hydrogen (secondary N) is 1. The van der Waals surface area contributed by atoms with Crippen LogP contribution in [-0.4, -0.2) is 41.1 Å². The second-order valence-electron chi connectivity index (χ2n) is 8.06. The fourth-order valence-electron chi connectivity index (χ4n) is 3.63. The molecule has 1 aliphatic rings. The van der Waals surface area contributed by atoms with Gasteiger partial charge in [0, 0.05) is 37.1 Å². The number of aromatic nitrogens is 1. The first-order chi connectivity index (χ1) is 15.6. The van der Waals surface area contributed by atoms with Gasteiger partial charge in [-0.15, -0.1) is 13.2 Å². The molecular weight excluding hydrogens is 439 g/mol. The van der Waals surface area contributed by atoms with E-state index in [4.69, 9.17) is 4.42 Å². The van der Waals surface area contributed by atoms with Crippen LogP contribution >= 0.6 is 0 Å². The Labute approximate surface area is 187 Å². The Bertz CT molecular complexity index is 1120. The van der Waals surface area contributed by atoms with Gasteiger partial charge in [-0.1, -0.05) is 0 Å². The van der Waals surface area contributed by atoms with Gasteiger partial charge in [-0.3, -0.25) is 9.78 Å². The Morgan fingerprint density at radius 1 is 1.15 bits per heavy atom. The lowest BCUT2D eigenvalue weighted by Crippen LogP contribution is -2.42. The SMILES string of the molecule is CC1(O)CCN(c2ccc(OC(F)(F)F)cc2NC(=O)c2ccc(-c3ccncc3)o2)CC1. The first-order valence-electron chi connectivity index (χ1n) is 10.3. The molecule has 0 atom stereocenters. The summed E-state index contributed by atoms with van der Waals surface area (Å²) in [5.41, 5.74) is 0.585. The van der Waals surface area contributed by atoms with Gasteiger partial charge in [-0.25, -0.2) is 0 Å². The van der Waals surface area contributed by atoms with E-state index >= 15 is 0 Å². The molecule has 4 rings (SSSR count). The molecule has 33 heavy (non-hydrogen) atoms. The highest BCUT2D eigenvalue weighted by Crippen LogP contribution is 2.36. The summed E-state index contributed by atoms with van der Waals surface area (Å²) in [6, 6.07) is 10.3. The average Bonchev–Trinajstić information content (AvgIpc) is 3.24. The highest BCUT2D eigenvalue weighted by molar-refractivity contribution is 6.04. The van der Waals surface area contributed by atoms with Crippen molar-refractivity contribution in [3.63, 3.8) is 0 Å². The minimum absolute atomic E-state index is 0.00326. The number of nitrogens with zero attached hydrogens (tertiary/aromatic N) is 2. The Morgan fingerprint density at radius 3 is 2.52 bits per heavy atom. The van der Waals surface area contributed by atoms with Crippen LogP contribution in [0.2, 0.25) is 0 Å². The number of anilines is 2. The van der Waals surface area contributed by atoms with Crippen LogP contribution in [0.5, 0.6) is 5.75 Å². The minimum Gasteiger partial charge on any atom is -0.451 e. The van der Waals surface area contributed by atoms with Gasteiger partial charge >= 0.3 is 6.36 Å². The van der Waals surface area contributed by atoms with Crippen LogP contribution in [0.1, 0.15) is 30.3 Å². The summed E-state index contributed by atoms with van der Waals surface area (Å²) in [4.78, 5) is 18.7. The van der Waals surface area contributed by atoms with Crippen LogP contribution in [-0.2, 0) is 0 Å². The smallest absolute Gasteiger partial charge is 0.451 e. The van der Waals surface area contributed by atoms with Crippen molar-refractivity contribution in [3.8, 4) is 17.1 Å². The van der Waals surface area contributed by atoms with Gasteiger partial charge < -0.3 is 24.5 Å². The third kappa shape index (κ3) is 5.64. The monoisotopic (exact) mass is 461 g/mol. The zero-order valence-electron chi connectivity index (χ0n) is 17.7. The first kappa shape index (κ1) is 22.7. The van der Waals surface area contributed by atoms with Gasteiger partial charge in [0.25, 0.3) is 5.91 Å². The fraction of sp³-hybridized carbons (Fsp3) is 0.304. The number of amides is 1. The number of rotatable bonds is 5. The Kier molecular flexibility index (Phi) is 6.03. The third-order valence-corrected chi connectivity index (χ3v) is 5.43. The average molecular weight is 461 g/mol. The molecular formula is C23H22F3N3O4. The van der Waals surface area contributed by atoms with E-state index in [0.717, 1.165) is 11.6 Å². The highest BCUT2D eigenvalue weighted by atomic mass is 19.4. The van der Waals surface area contributed by atoms with Gasteiger partial charge in [0.15, 0.2) is 5.76 Å². The van der Waals surface area contributed by atoms with Crippen molar-refractivity contribution >= 4 is 17.3 Å². The molecule has 10 heteroatoms. The van der Waals surface area contributed by atoms with Crippen molar-refractivity contribution in [2.45, 2.75) is 31.7 Å². The predicted octanol–water partition coefficient (Wildman–Crippen LogP) is 4.84. The van der Waals surface area contributed by atoms with Gasteiger partial charge in [0.2, 0.25) is 0 Å². The predicted molar refractivity (Wildman–Crippen MR) is 115 cm³/mol. The number of alkyl halides is 3. The normalized spacial score (nSPS) is 15.8. The molecule has 0 spiro atoms. The summed E-state index contributed by atoms with van der Waals surface area (Å²) in [6.45, 7) is 2.69. The maximum absolute atomic E-state index is 12.9. The second kappa shape index (κ2) is 8.78. The molecule has 7 nitrogen and oxygen atoms in total. The van der Waals surface area contributed by atoms with Gasteiger partial charge in [-0.05, 0) is 56.2 Å². The van der Waals surface area contributed by atoms with Crippen molar-refractivity contribution in [1.82, 2.24) is 4.98 Å². The van der Waals surface area contributed by atoms with E-state index in [2.05, 4.69) is 15.0 Å². The Morgan fingerprint density at radius 2 is 1.85 bits per heavy atom. The molecule has 3 heterocycles. The number of carbonyl (C=O) groups excluding carboxylic acids is 1. The van der Waals surface area contributed by atoms with Crippen molar-refractivity contribution in [2.75, 3.05) is 23.3 Å². The van der Waals surface area contributed by atoms with E-state index < -0.39 is 23.6 Å². The summed E-state index contributed by atoms with van der Waals surface area (Å²) in [5.74, 6) is -0.626. The van der Waals surface area contributed by atoms with Gasteiger partial charge in [0.1, 0.15) is 11.5 Å². The van der Waals surface area contributed by atoms with Crippen molar-refractivity contribution in [2.24, 2.45) is 0 Å². The zero-order chi connectivity index (χ0) is 23.6. The lowest BCUT2D eigenvalue weighted by Gasteiger charge is -2.38. The quantitative estimate of drug-likeness (QED) is 0.565. The number of halogens is 3. The van der Waals surface area contributed by atoms with Crippen LogP contribution in [0.25, 0.3) is 11.3 Å². The van der Waals surface area contributed by atoms with Crippen LogP contribution in [0.4, 0.5) is 24.5 Å². The molecule has 0 radical (unpaired) electrons. The van der Waals surface area contributed by atoms with Crippen LogP contribution < -0.4 is 15.0 Å². The van der Waals surface area contributed by atoms with E-state index in [0.29, 0.717) is 37.4 Å². The number of pyridine rings is 1. The largest absolute Gasteiger partial charge is 0.573 e. The number of carbonyl (C=O) groups is 1. The van der Waals surface area contributed by atoms with E-state index in [1.807, 2.05) is 4.90 Å². The molecule has 0 bridgehead atoms.